The molecular formula is C17H22FN3. The fourth-order valence-corrected chi connectivity index (χ4v) is 2.13. The lowest BCUT2D eigenvalue weighted by Crippen LogP contribution is -2.22. The second kappa shape index (κ2) is 7.62. The van der Waals surface area contributed by atoms with Crippen molar-refractivity contribution < 1.29 is 4.39 Å². The maximum Gasteiger partial charge on any atom is 0.125 e. The molecule has 0 unspecified atom stereocenters. The standard InChI is InChI=1S/C17H22FN3/c1-3-11-19-17-10-5-14(12-20-17)13-21(4-2)16-8-6-15(18)7-9-16/h5-10,12H,3-4,11,13H2,1-2H3,(H,19,20). The van der Waals surface area contributed by atoms with Gasteiger partial charge in [0.2, 0.25) is 0 Å². The summed E-state index contributed by atoms with van der Waals surface area (Å²) in [6.07, 6.45) is 2.97. The van der Waals surface area contributed by atoms with E-state index in [1.807, 2.05) is 24.4 Å². The van der Waals surface area contributed by atoms with Crippen LogP contribution in [-0.2, 0) is 6.54 Å². The Kier molecular flexibility index (Phi) is 5.55. The zero-order valence-corrected chi connectivity index (χ0v) is 12.6. The number of hydrogen-bond donors (Lipinski definition) is 1. The van der Waals surface area contributed by atoms with Gasteiger partial charge in [-0.1, -0.05) is 13.0 Å². The Morgan fingerprint density at radius 3 is 2.43 bits per heavy atom. The first-order valence-corrected chi connectivity index (χ1v) is 7.42. The number of hydrogen-bond acceptors (Lipinski definition) is 3. The van der Waals surface area contributed by atoms with Gasteiger partial charge in [0, 0.05) is 31.5 Å². The van der Waals surface area contributed by atoms with E-state index >= 15 is 0 Å². The van der Waals surface area contributed by atoms with Crippen LogP contribution in [0.1, 0.15) is 25.8 Å². The zero-order valence-electron chi connectivity index (χ0n) is 12.6. The predicted molar refractivity (Wildman–Crippen MR) is 86.1 cm³/mol. The molecule has 0 atom stereocenters. The van der Waals surface area contributed by atoms with Crippen LogP contribution in [0.4, 0.5) is 15.9 Å². The predicted octanol–water partition coefficient (Wildman–Crippen LogP) is 4.07. The third-order valence-corrected chi connectivity index (χ3v) is 3.33. The molecule has 0 saturated carbocycles. The van der Waals surface area contributed by atoms with Crippen molar-refractivity contribution in [2.45, 2.75) is 26.8 Å². The van der Waals surface area contributed by atoms with Gasteiger partial charge in [0.05, 0.1) is 0 Å². The van der Waals surface area contributed by atoms with Crippen LogP contribution in [0.15, 0.2) is 42.6 Å². The van der Waals surface area contributed by atoms with Crippen molar-refractivity contribution in [2.24, 2.45) is 0 Å². The van der Waals surface area contributed by atoms with Crippen molar-refractivity contribution >= 4 is 11.5 Å². The summed E-state index contributed by atoms with van der Waals surface area (Å²) in [6.45, 7) is 6.78. The molecule has 0 bridgehead atoms. The molecule has 2 rings (SSSR count). The second-order valence-electron chi connectivity index (χ2n) is 4.97. The number of halogens is 1. The molecule has 0 aliphatic heterocycles. The maximum absolute atomic E-state index is 13.0. The number of rotatable bonds is 7. The Balaban J connectivity index is 2.02. The molecule has 0 radical (unpaired) electrons. The van der Waals surface area contributed by atoms with Gasteiger partial charge in [0.25, 0.3) is 0 Å². The minimum absolute atomic E-state index is 0.206. The molecule has 1 heterocycles. The van der Waals surface area contributed by atoms with E-state index in [2.05, 4.69) is 35.1 Å². The smallest absolute Gasteiger partial charge is 0.125 e. The summed E-state index contributed by atoms with van der Waals surface area (Å²) in [6, 6.07) is 10.7. The highest BCUT2D eigenvalue weighted by Gasteiger charge is 2.06. The maximum atomic E-state index is 13.0. The van der Waals surface area contributed by atoms with Gasteiger partial charge in [-0.3, -0.25) is 0 Å². The molecule has 3 nitrogen and oxygen atoms in total. The lowest BCUT2D eigenvalue weighted by molar-refractivity contribution is 0.627. The first-order chi connectivity index (χ1) is 10.2. The van der Waals surface area contributed by atoms with Crippen molar-refractivity contribution in [3.63, 3.8) is 0 Å². The molecule has 1 aromatic heterocycles. The van der Waals surface area contributed by atoms with E-state index in [0.29, 0.717) is 0 Å². The number of aromatic nitrogens is 1. The molecule has 0 amide bonds. The summed E-state index contributed by atoms with van der Waals surface area (Å²) in [5.74, 6) is 0.702. The van der Waals surface area contributed by atoms with Crippen LogP contribution in [-0.4, -0.2) is 18.1 Å². The van der Waals surface area contributed by atoms with Crippen molar-refractivity contribution in [1.82, 2.24) is 4.98 Å². The second-order valence-corrected chi connectivity index (χ2v) is 4.97. The largest absolute Gasteiger partial charge is 0.370 e. The van der Waals surface area contributed by atoms with Crippen molar-refractivity contribution in [3.8, 4) is 0 Å². The van der Waals surface area contributed by atoms with E-state index in [-0.39, 0.29) is 5.82 Å². The third kappa shape index (κ3) is 4.45. The van der Waals surface area contributed by atoms with Gasteiger partial charge in [0.1, 0.15) is 11.6 Å². The topological polar surface area (TPSA) is 28.2 Å². The summed E-state index contributed by atoms with van der Waals surface area (Å²) in [5, 5.41) is 3.26. The van der Waals surface area contributed by atoms with Crippen LogP contribution in [0.5, 0.6) is 0 Å². The Morgan fingerprint density at radius 1 is 1.10 bits per heavy atom. The number of nitrogens with one attached hydrogen (secondary N) is 1. The van der Waals surface area contributed by atoms with Crippen LogP contribution in [0.2, 0.25) is 0 Å². The van der Waals surface area contributed by atoms with E-state index in [0.717, 1.165) is 43.1 Å². The van der Waals surface area contributed by atoms with E-state index in [4.69, 9.17) is 0 Å². The fraction of sp³-hybridized carbons (Fsp3) is 0.353. The Labute approximate surface area is 125 Å². The van der Waals surface area contributed by atoms with Crippen LogP contribution < -0.4 is 10.2 Å². The monoisotopic (exact) mass is 287 g/mol. The minimum atomic E-state index is -0.206. The highest BCUT2D eigenvalue weighted by molar-refractivity contribution is 5.47. The molecule has 1 aromatic carbocycles. The average molecular weight is 287 g/mol. The number of benzene rings is 1. The summed E-state index contributed by atoms with van der Waals surface area (Å²) >= 11 is 0. The molecule has 21 heavy (non-hydrogen) atoms. The molecular weight excluding hydrogens is 265 g/mol. The van der Waals surface area contributed by atoms with Crippen LogP contribution in [0, 0.1) is 5.82 Å². The molecule has 4 heteroatoms. The third-order valence-electron chi connectivity index (χ3n) is 3.33. The van der Waals surface area contributed by atoms with Crippen molar-refractivity contribution in [1.29, 1.82) is 0 Å². The van der Waals surface area contributed by atoms with Gasteiger partial charge in [0.15, 0.2) is 0 Å². The molecule has 0 saturated heterocycles. The number of pyridine rings is 1. The molecule has 2 aromatic rings. The quantitative estimate of drug-likeness (QED) is 0.832. The first kappa shape index (κ1) is 15.3. The van der Waals surface area contributed by atoms with Crippen LogP contribution >= 0.6 is 0 Å². The van der Waals surface area contributed by atoms with E-state index < -0.39 is 0 Å². The van der Waals surface area contributed by atoms with Crippen molar-refractivity contribution in [3.05, 3.63) is 54.0 Å². The van der Waals surface area contributed by atoms with Crippen LogP contribution in [0.3, 0.4) is 0 Å². The summed E-state index contributed by atoms with van der Waals surface area (Å²) in [4.78, 5) is 6.60. The lowest BCUT2D eigenvalue weighted by atomic mass is 10.2. The Morgan fingerprint density at radius 2 is 1.86 bits per heavy atom. The molecule has 112 valence electrons. The lowest BCUT2D eigenvalue weighted by Gasteiger charge is -2.23. The van der Waals surface area contributed by atoms with Gasteiger partial charge >= 0.3 is 0 Å². The number of anilines is 2. The van der Waals surface area contributed by atoms with Gasteiger partial charge in [-0.05, 0) is 49.2 Å². The molecule has 0 spiro atoms. The molecule has 1 N–H and O–H groups in total. The molecule has 0 fully saturated rings. The molecule has 0 aliphatic carbocycles. The Hall–Kier alpha value is -2.10. The van der Waals surface area contributed by atoms with Crippen LogP contribution in [0.25, 0.3) is 0 Å². The fourth-order valence-electron chi connectivity index (χ4n) is 2.13. The average Bonchev–Trinajstić information content (AvgIpc) is 2.53. The Bertz CT molecular complexity index is 537. The first-order valence-electron chi connectivity index (χ1n) is 7.42. The highest BCUT2D eigenvalue weighted by Crippen LogP contribution is 2.17. The van der Waals surface area contributed by atoms with Gasteiger partial charge in [-0.15, -0.1) is 0 Å². The SMILES string of the molecule is CCCNc1ccc(CN(CC)c2ccc(F)cc2)cn1. The van der Waals surface area contributed by atoms with Crippen molar-refractivity contribution in [2.75, 3.05) is 23.3 Å². The normalized spacial score (nSPS) is 10.4. The van der Waals surface area contributed by atoms with Gasteiger partial charge in [-0.25, -0.2) is 9.37 Å². The van der Waals surface area contributed by atoms with E-state index in [9.17, 15) is 4.39 Å². The highest BCUT2D eigenvalue weighted by atomic mass is 19.1. The molecule has 0 aliphatic rings. The summed E-state index contributed by atoms with van der Waals surface area (Å²) < 4.78 is 13.0. The van der Waals surface area contributed by atoms with Gasteiger partial charge in [-0.2, -0.15) is 0 Å². The summed E-state index contributed by atoms with van der Waals surface area (Å²) in [7, 11) is 0. The van der Waals surface area contributed by atoms with Gasteiger partial charge < -0.3 is 10.2 Å². The summed E-state index contributed by atoms with van der Waals surface area (Å²) in [5.41, 5.74) is 2.16. The minimum Gasteiger partial charge on any atom is -0.370 e. The van der Waals surface area contributed by atoms with E-state index in [1.54, 1.807) is 0 Å². The number of nitrogens with zero attached hydrogens (tertiary/aromatic N) is 2. The van der Waals surface area contributed by atoms with E-state index in [1.165, 1.54) is 12.1 Å². The zero-order chi connectivity index (χ0) is 15.1.